The molecule has 3 aromatic carbocycles. The molecule has 3 atom stereocenters. The molecule has 0 bridgehead atoms. The molecule has 1 aliphatic heterocycles. The Morgan fingerprint density at radius 3 is 2.40 bits per heavy atom. The number of hydrogen-bond acceptors (Lipinski definition) is 11. The van der Waals surface area contributed by atoms with E-state index in [9.17, 15) is 19.8 Å². The van der Waals surface area contributed by atoms with Crippen molar-refractivity contribution >= 4 is 23.8 Å². The quantitative estimate of drug-likeness (QED) is 0.133. The monoisotopic (exact) mass is 634 g/mol. The fraction of sp³-hybridized carbons (Fsp3) is 0.323. The topological polar surface area (TPSA) is 170 Å². The van der Waals surface area contributed by atoms with Crippen LogP contribution in [-0.4, -0.2) is 67.4 Å². The maximum absolute atomic E-state index is 12.0. The molecule has 4 aromatic rings. The zero-order valence-electron chi connectivity index (χ0n) is 24.5. The maximum atomic E-state index is 12.0. The van der Waals surface area contributed by atoms with Gasteiger partial charge in [0.15, 0.2) is 6.29 Å². The summed E-state index contributed by atoms with van der Waals surface area (Å²) in [5, 5.41) is 37.0. The van der Waals surface area contributed by atoms with Gasteiger partial charge in [-0.1, -0.05) is 60.3 Å². The fourth-order valence-corrected chi connectivity index (χ4v) is 5.53. The number of phenolic OH excluding ortho intramolecular Hbond substituents is 1. The molecule has 13 nitrogen and oxygen atoms in total. The number of urea groups is 1. The lowest BCUT2D eigenvalue weighted by Gasteiger charge is -2.36. The van der Waals surface area contributed by atoms with Crippen LogP contribution in [0.4, 0.5) is 4.79 Å². The standard InChI is InChI=1S/C31H34N6O7S/c1-2-42-28(40)17-33-30(41)32-16-20-3-9-23(10-4-20)29-43-26(15-27(44-29)22-7-5-21(18-38)6-8-22)19-45-31-34-35-36-37(31)24-11-13-25(39)14-12-24/h3-14,26-27,29,38-39H,2,15-19H2,1H3,(H2,32,33,41)/t26-,27+,29+/m1/s1. The number of aliphatic hydroxyl groups excluding tert-OH is 1. The van der Waals surface area contributed by atoms with Crippen molar-refractivity contribution in [2.45, 2.75) is 50.2 Å². The first-order valence-electron chi connectivity index (χ1n) is 14.4. The van der Waals surface area contributed by atoms with E-state index in [0.29, 0.717) is 17.3 Å². The van der Waals surface area contributed by atoms with Crippen molar-refractivity contribution in [1.29, 1.82) is 0 Å². The third-order valence-electron chi connectivity index (χ3n) is 6.95. The van der Waals surface area contributed by atoms with Gasteiger partial charge >= 0.3 is 12.0 Å². The van der Waals surface area contributed by atoms with E-state index in [2.05, 4.69) is 26.2 Å². The molecule has 0 spiro atoms. The van der Waals surface area contributed by atoms with E-state index < -0.39 is 18.3 Å². The van der Waals surface area contributed by atoms with Crippen molar-refractivity contribution in [3.63, 3.8) is 0 Å². The predicted molar refractivity (Wildman–Crippen MR) is 163 cm³/mol. The zero-order valence-corrected chi connectivity index (χ0v) is 25.4. The van der Waals surface area contributed by atoms with Crippen molar-refractivity contribution in [1.82, 2.24) is 30.8 Å². The van der Waals surface area contributed by atoms with Gasteiger partial charge in [-0.05, 0) is 58.3 Å². The van der Waals surface area contributed by atoms with Gasteiger partial charge in [-0.3, -0.25) is 4.79 Å². The third kappa shape index (κ3) is 8.79. The number of phenols is 1. The van der Waals surface area contributed by atoms with Gasteiger partial charge in [0, 0.05) is 24.3 Å². The van der Waals surface area contributed by atoms with Crippen LogP contribution in [0.15, 0.2) is 78.0 Å². The predicted octanol–water partition coefficient (Wildman–Crippen LogP) is 3.56. The number of thioether (sulfide) groups is 1. The van der Waals surface area contributed by atoms with Gasteiger partial charge in [0.2, 0.25) is 5.16 Å². The second kappa shape index (κ2) is 15.5. The van der Waals surface area contributed by atoms with Crippen LogP contribution in [0.3, 0.4) is 0 Å². The van der Waals surface area contributed by atoms with E-state index in [1.807, 2.05) is 48.5 Å². The van der Waals surface area contributed by atoms with Crippen LogP contribution in [0.5, 0.6) is 5.75 Å². The van der Waals surface area contributed by atoms with Gasteiger partial charge in [-0.15, -0.1) is 5.10 Å². The highest BCUT2D eigenvalue weighted by Crippen LogP contribution is 2.39. The number of benzene rings is 3. The van der Waals surface area contributed by atoms with Gasteiger partial charge in [0.25, 0.3) is 0 Å². The van der Waals surface area contributed by atoms with Crippen LogP contribution in [0.25, 0.3) is 5.69 Å². The number of nitrogens with zero attached hydrogens (tertiary/aromatic N) is 4. The molecule has 45 heavy (non-hydrogen) atoms. The Hall–Kier alpha value is -4.50. The van der Waals surface area contributed by atoms with Crippen molar-refractivity contribution in [3.05, 3.63) is 95.1 Å². The lowest BCUT2D eigenvalue weighted by Crippen LogP contribution is -2.38. The molecule has 0 radical (unpaired) electrons. The molecule has 1 fully saturated rings. The summed E-state index contributed by atoms with van der Waals surface area (Å²) in [6, 6.07) is 21.4. The minimum Gasteiger partial charge on any atom is -0.508 e. The molecule has 0 unspecified atom stereocenters. The Morgan fingerprint density at radius 2 is 1.69 bits per heavy atom. The number of carbonyl (C=O) groups excluding carboxylic acids is 2. The van der Waals surface area contributed by atoms with E-state index in [4.69, 9.17) is 14.2 Å². The van der Waals surface area contributed by atoms with Crippen LogP contribution in [0.2, 0.25) is 0 Å². The number of aromatic nitrogens is 4. The summed E-state index contributed by atoms with van der Waals surface area (Å²) in [7, 11) is 0. The zero-order chi connectivity index (χ0) is 31.6. The lowest BCUT2D eigenvalue weighted by atomic mass is 10.0. The average molecular weight is 635 g/mol. The summed E-state index contributed by atoms with van der Waals surface area (Å²) in [5.41, 5.74) is 4.17. The highest BCUT2D eigenvalue weighted by molar-refractivity contribution is 7.99. The highest BCUT2D eigenvalue weighted by Gasteiger charge is 2.32. The number of rotatable bonds is 12. The molecule has 236 valence electrons. The van der Waals surface area contributed by atoms with Crippen LogP contribution in [0, 0.1) is 0 Å². The van der Waals surface area contributed by atoms with E-state index in [1.54, 1.807) is 35.9 Å². The van der Waals surface area contributed by atoms with Crippen molar-refractivity contribution in [2.24, 2.45) is 0 Å². The van der Waals surface area contributed by atoms with Gasteiger partial charge in [-0.2, -0.15) is 4.68 Å². The van der Waals surface area contributed by atoms with Gasteiger partial charge < -0.3 is 35.1 Å². The Balaban J connectivity index is 1.25. The summed E-state index contributed by atoms with van der Waals surface area (Å²) < 4.78 is 19.3. The largest absolute Gasteiger partial charge is 0.508 e. The summed E-state index contributed by atoms with van der Waals surface area (Å²) in [6.45, 7) is 1.97. The number of aromatic hydroxyl groups is 1. The Bertz CT molecular complexity index is 1550. The first-order valence-corrected chi connectivity index (χ1v) is 15.4. The minimum atomic E-state index is -0.658. The number of tetrazole rings is 1. The van der Waals surface area contributed by atoms with Crippen LogP contribution in [0.1, 0.15) is 48.0 Å². The Labute approximate surface area is 263 Å². The number of carbonyl (C=O) groups is 2. The van der Waals surface area contributed by atoms with Gasteiger partial charge in [-0.25, -0.2) is 4.79 Å². The molecule has 2 amide bonds. The molecule has 14 heteroatoms. The summed E-state index contributed by atoms with van der Waals surface area (Å²) in [6.07, 6.45) is -0.550. The van der Waals surface area contributed by atoms with Crippen LogP contribution >= 0.6 is 11.8 Å². The number of nitrogens with one attached hydrogen (secondary N) is 2. The second-order valence-electron chi connectivity index (χ2n) is 10.1. The summed E-state index contributed by atoms with van der Waals surface area (Å²) in [4.78, 5) is 23.5. The van der Waals surface area contributed by atoms with Crippen LogP contribution in [-0.2, 0) is 32.2 Å². The third-order valence-corrected chi connectivity index (χ3v) is 8.00. The SMILES string of the molecule is CCOC(=O)CNC(=O)NCc1ccc([C@H]2O[C@@H](CSc3nnnn3-c3ccc(O)cc3)C[C@@H](c3ccc(CO)cc3)O2)cc1. The first-order chi connectivity index (χ1) is 21.9. The Kier molecular flexibility index (Phi) is 11.0. The molecule has 0 saturated carbocycles. The number of ether oxygens (including phenoxy) is 3. The molecule has 1 saturated heterocycles. The van der Waals surface area contributed by atoms with E-state index in [-0.39, 0.29) is 44.3 Å². The molecular weight excluding hydrogens is 600 g/mol. The molecule has 0 aliphatic carbocycles. The second-order valence-corrected chi connectivity index (χ2v) is 11.1. The Morgan fingerprint density at radius 1 is 0.978 bits per heavy atom. The average Bonchev–Trinajstić information content (AvgIpc) is 3.55. The normalized spacial score (nSPS) is 17.9. The number of aliphatic hydroxyl groups is 1. The van der Waals surface area contributed by atoms with Crippen LogP contribution < -0.4 is 10.6 Å². The number of hydrogen-bond donors (Lipinski definition) is 4. The molecule has 4 N–H and O–H groups in total. The molecular formula is C31H34N6O7S. The smallest absolute Gasteiger partial charge is 0.325 e. The van der Waals surface area contributed by atoms with Crippen molar-refractivity contribution in [2.75, 3.05) is 18.9 Å². The molecule has 1 aliphatic rings. The van der Waals surface area contributed by atoms with E-state index >= 15 is 0 Å². The lowest BCUT2D eigenvalue weighted by molar-refractivity contribution is -0.245. The minimum absolute atomic E-state index is 0.0409. The summed E-state index contributed by atoms with van der Waals surface area (Å²) in [5.74, 6) is 0.202. The van der Waals surface area contributed by atoms with Crippen molar-refractivity contribution < 1.29 is 34.0 Å². The highest BCUT2D eigenvalue weighted by atomic mass is 32.2. The summed E-state index contributed by atoms with van der Waals surface area (Å²) >= 11 is 1.46. The van der Waals surface area contributed by atoms with Crippen molar-refractivity contribution in [3.8, 4) is 11.4 Å². The van der Waals surface area contributed by atoms with E-state index in [0.717, 1.165) is 27.9 Å². The number of esters is 1. The van der Waals surface area contributed by atoms with Gasteiger partial charge in [0.1, 0.15) is 12.3 Å². The molecule has 5 rings (SSSR count). The van der Waals surface area contributed by atoms with Gasteiger partial charge in [0.05, 0.1) is 31.1 Å². The molecule has 2 heterocycles. The molecule has 1 aromatic heterocycles. The number of amides is 2. The first kappa shape index (κ1) is 31.9. The fourth-order valence-electron chi connectivity index (χ4n) is 4.62. The van der Waals surface area contributed by atoms with E-state index in [1.165, 1.54) is 11.8 Å². The maximum Gasteiger partial charge on any atom is 0.325 e.